The third kappa shape index (κ3) is 3.00. The van der Waals surface area contributed by atoms with Crippen LogP contribution in [0.1, 0.15) is 40.5 Å². The van der Waals surface area contributed by atoms with Gasteiger partial charge in [0.1, 0.15) is 10.6 Å². The Balaban J connectivity index is 1.41. The Morgan fingerprint density at radius 2 is 2.28 bits per heavy atom. The van der Waals surface area contributed by atoms with E-state index in [-0.39, 0.29) is 11.8 Å². The zero-order valence-corrected chi connectivity index (χ0v) is 14.3. The molecule has 0 aliphatic carbocycles. The Morgan fingerprint density at radius 1 is 1.40 bits per heavy atom. The van der Waals surface area contributed by atoms with Crippen LogP contribution in [0.4, 0.5) is 0 Å². The minimum absolute atomic E-state index is 0.0247. The summed E-state index contributed by atoms with van der Waals surface area (Å²) < 4.78 is 9.22. The number of aromatic nitrogens is 6. The molecule has 0 aromatic carbocycles. The van der Waals surface area contributed by atoms with Crippen LogP contribution in [0.2, 0.25) is 0 Å². The van der Waals surface area contributed by atoms with Gasteiger partial charge < -0.3 is 9.42 Å². The zero-order chi connectivity index (χ0) is 17.2. The standard InChI is InChI=1S/C15H15N7O2S/c1-2-3-10-12(25-21-19-10)15(23)22-7-9(8-22)14-18-13(20-24-14)11-6-16-4-5-17-11/h4-6,9H,2-3,7-8H2,1H3. The number of likely N-dealkylation sites (tertiary alicyclic amines) is 1. The minimum Gasteiger partial charge on any atom is -0.338 e. The second-order valence-corrected chi connectivity index (χ2v) is 6.51. The van der Waals surface area contributed by atoms with Crippen LogP contribution in [-0.4, -0.2) is 53.6 Å². The second-order valence-electron chi connectivity index (χ2n) is 5.75. The Bertz CT molecular complexity index is 873. The first-order chi connectivity index (χ1) is 12.3. The number of carbonyl (C=O) groups excluding carboxylic acids is 1. The van der Waals surface area contributed by atoms with Crippen LogP contribution in [0.5, 0.6) is 0 Å². The van der Waals surface area contributed by atoms with Crippen molar-refractivity contribution in [3.8, 4) is 11.5 Å². The summed E-state index contributed by atoms with van der Waals surface area (Å²) in [5.74, 6) is 0.937. The topological polar surface area (TPSA) is 111 Å². The van der Waals surface area contributed by atoms with Crippen molar-refractivity contribution in [3.05, 3.63) is 35.1 Å². The smallest absolute Gasteiger partial charge is 0.267 e. The molecule has 25 heavy (non-hydrogen) atoms. The molecule has 9 nitrogen and oxygen atoms in total. The Kier molecular flexibility index (Phi) is 4.18. The minimum atomic E-state index is -0.0247. The number of nitrogens with zero attached hydrogens (tertiary/aromatic N) is 7. The molecule has 3 aromatic heterocycles. The van der Waals surface area contributed by atoms with Crippen molar-refractivity contribution in [3.63, 3.8) is 0 Å². The predicted molar refractivity (Wildman–Crippen MR) is 87.9 cm³/mol. The van der Waals surface area contributed by atoms with Crippen LogP contribution in [-0.2, 0) is 6.42 Å². The molecule has 0 bridgehead atoms. The van der Waals surface area contributed by atoms with Crippen LogP contribution >= 0.6 is 11.5 Å². The van der Waals surface area contributed by atoms with Gasteiger partial charge in [0.2, 0.25) is 11.7 Å². The van der Waals surface area contributed by atoms with E-state index in [4.69, 9.17) is 4.52 Å². The van der Waals surface area contributed by atoms with Crippen molar-refractivity contribution in [2.24, 2.45) is 0 Å². The van der Waals surface area contributed by atoms with Crippen molar-refractivity contribution >= 4 is 17.4 Å². The number of carbonyl (C=O) groups is 1. The molecule has 0 radical (unpaired) electrons. The van der Waals surface area contributed by atoms with E-state index in [0.29, 0.717) is 35.4 Å². The van der Waals surface area contributed by atoms with Gasteiger partial charge in [0.25, 0.3) is 5.91 Å². The molecule has 128 valence electrons. The summed E-state index contributed by atoms with van der Waals surface area (Å²) in [4.78, 5) is 27.4. The fraction of sp³-hybridized carbons (Fsp3) is 0.400. The molecule has 4 rings (SSSR count). The summed E-state index contributed by atoms with van der Waals surface area (Å²) in [5.41, 5.74) is 1.34. The highest BCUT2D eigenvalue weighted by atomic mass is 32.1. The van der Waals surface area contributed by atoms with Gasteiger partial charge in [-0.25, -0.2) is 4.98 Å². The lowest BCUT2D eigenvalue weighted by molar-refractivity contribution is 0.0573. The lowest BCUT2D eigenvalue weighted by Gasteiger charge is -2.36. The summed E-state index contributed by atoms with van der Waals surface area (Å²) >= 11 is 1.15. The summed E-state index contributed by atoms with van der Waals surface area (Å²) in [5, 5.41) is 7.99. The number of hydrogen-bond acceptors (Lipinski definition) is 9. The van der Waals surface area contributed by atoms with E-state index < -0.39 is 0 Å². The highest BCUT2D eigenvalue weighted by Crippen LogP contribution is 2.29. The molecular formula is C15H15N7O2S. The fourth-order valence-electron chi connectivity index (χ4n) is 2.64. The lowest BCUT2D eigenvalue weighted by atomic mass is 9.99. The molecule has 0 unspecified atom stereocenters. The van der Waals surface area contributed by atoms with Gasteiger partial charge in [0, 0.05) is 25.5 Å². The monoisotopic (exact) mass is 357 g/mol. The molecular weight excluding hydrogens is 342 g/mol. The van der Waals surface area contributed by atoms with Crippen molar-refractivity contribution in [1.82, 2.24) is 34.6 Å². The van der Waals surface area contributed by atoms with Crippen molar-refractivity contribution in [2.75, 3.05) is 13.1 Å². The van der Waals surface area contributed by atoms with Gasteiger partial charge in [-0.05, 0) is 18.0 Å². The number of aryl methyl sites for hydroxylation is 1. The average Bonchev–Trinajstić information content (AvgIpc) is 3.24. The summed E-state index contributed by atoms with van der Waals surface area (Å²) in [6.07, 6.45) is 6.44. The molecule has 1 amide bonds. The zero-order valence-electron chi connectivity index (χ0n) is 13.5. The Hall–Kier alpha value is -2.75. The fourth-order valence-corrected chi connectivity index (χ4v) is 3.31. The summed E-state index contributed by atoms with van der Waals surface area (Å²) in [7, 11) is 0. The van der Waals surface area contributed by atoms with E-state index in [1.807, 2.05) is 0 Å². The molecule has 0 N–H and O–H groups in total. The van der Waals surface area contributed by atoms with E-state index >= 15 is 0 Å². The molecule has 1 saturated heterocycles. The molecule has 4 heterocycles. The number of hydrogen-bond donors (Lipinski definition) is 0. The molecule has 0 atom stereocenters. The SMILES string of the molecule is CCCc1nnsc1C(=O)N1CC(c2nc(-c3cnccn3)no2)C1. The first-order valence-electron chi connectivity index (χ1n) is 7.96. The maximum atomic E-state index is 12.6. The molecule has 1 aliphatic heterocycles. The van der Waals surface area contributed by atoms with E-state index in [1.54, 1.807) is 23.5 Å². The maximum Gasteiger partial charge on any atom is 0.267 e. The van der Waals surface area contributed by atoms with Crippen LogP contribution in [0.3, 0.4) is 0 Å². The van der Waals surface area contributed by atoms with Gasteiger partial charge in [-0.3, -0.25) is 9.78 Å². The molecule has 1 aliphatic rings. The van der Waals surface area contributed by atoms with Gasteiger partial charge >= 0.3 is 0 Å². The maximum absolute atomic E-state index is 12.6. The Labute approximate surface area is 147 Å². The normalized spacial score (nSPS) is 14.5. The van der Waals surface area contributed by atoms with E-state index in [2.05, 4.69) is 36.6 Å². The lowest BCUT2D eigenvalue weighted by Crippen LogP contribution is -2.48. The van der Waals surface area contributed by atoms with E-state index in [1.165, 1.54) is 0 Å². The van der Waals surface area contributed by atoms with Crippen molar-refractivity contribution in [2.45, 2.75) is 25.7 Å². The van der Waals surface area contributed by atoms with Crippen molar-refractivity contribution < 1.29 is 9.32 Å². The van der Waals surface area contributed by atoms with Crippen molar-refractivity contribution in [1.29, 1.82) is 0 Å². The second kappa shape index (κ2) is 6.63. The third-order valence-electron chi connectivity index (χ3n) is 3.99. The largest absolute Gasteiger partial charge is 0.338 e. The van der Waals surface area contributed by atoms with Crippen LogP contribution in [0.15, 0.2) is 23.1 Å². The number of rotatable bonds is 5. The quantitative estimate of drug-likeness (QED) is 0.676. The molecule has 10 heteroatoms. The predicted octanol–water partition coefficient (Wildman–Crippen LogP) is 1.57. The van der Waals surface area contributed by atoms with Gasteiger partial charge in [-0.2, -0.15) is 4.98 Å². The van der Waals surface area contributed by atoms with E-state index in [9.17, 15) is 4.79 Å². The summed E-state index contributed by atoms with van der Waals surface area (Å²) in [6.45, 7) is 3.15. The van der Waals surface area contributed by atoms with Gasteiger partial charge in [-0.15, -0.1) is 5.10 Å². The third-order valence-corrected chi connectivity index (χ3v) is 4.74. The molecule has 3 aromatic rings. The van der Waals surface area contributed by atoms with Crippen LogP contribution in [0, 0.1) is 0 Å². The van der Waals surface area contributed by atoms with Crippen LogP contribution in [0.25, 0.3) is 11.5 Å². The highest BCUT2D eigenvalue weighted by Gasteiger charge is 2.37. The van der Waals surface area contributed by atoms with Gasteiger partial charge in [0.15, 0.2) is 0 Å². The van der Waals surface area contributed by atoms with E-state index in [0.717, 1.165) is 30.1 Å². The first-order valence-corrected chi connectivity index (χ1v) is 8.74. The molecule has 1 fully saturated rings. The van der Waals surface area contributed by atoms with Gasteiger partial charge in [0.05, 0.1) is 17.8 Å². The molecule has 0 spiro atoms. The first kappa shape index (κ1) is 15.8. The molecule has 0 saturated carbocycles. The van der Waals surface area contributed by atoms with Crippen LogP contribution < -0.4 is 0 Å². The number of amides is 1. The van der Waals surface area contributed by atoms with Gasteiger partial charge in [-0.1, -0.05) is 23.0 Å². The highest BCUT2D eigenvalue weighted by molar-refractivity contribution is 7.08. The Morgan fingerprint density at radius 3 is 3.04 bits per heavy atom. The summed E-state index contributed by atoms with van der Waals surface area (Å²) in [6, 6.07) is 0. The average molecular weight is 357 g/mol.